The second kappa shape index (κ2) is 7.52. The summed E-state index contributed by atoms with van der Waals surface area (Å²) in [6.07, 6.45) is 0.922. The zero-order chi connectivity index (χ0) is 19.5. The van der Waals surface area contributed by atoms with E-state index in [1.807, 2.05) is 0 Å². The first kappa shape index (κ1) is 19.4. The summed E-state index contributed by atoms with van der Waals surface area (Å²) in [5, 5.41) is 17.0. The maximum atomic E-state index is 11.8. The molecule has 138 valence electrons. The molecule has 2 aromatic rings. The third-order valence-corrected chi connectivity index (χ3v) is 4.67. The van der Waals surface area contributed by atoms with Crippen molar-refractivity contribution in [2.45, 2.75) is 18.7 Å². The Labute approximate surface area is 151 Å². The molecule has 0 saturated carbocycles. The number of carbonyl (C=O) groups excluding carboxylic acids is 1. The predicted octanol–water partition coefficient (Wildman–Crippen LogP) is 3.34. The largest absolute Gasteiger partial charge is 0.350 e. The molecule has 0 bridgehead atoms. The molecule has 0 aliphatic heterocycles. The second-order valence-corrected chi connectivity index (χ2v) is 8.01. The molecule has 0 aliphatic carbocycles. The van der Waals surface area contributed by atoms with Crippen LogP contribution in [-0.4, -0.2) is 25.5 Å². The van der Waals surface area contributed by atoms with Gasteiger partial charge in [0.25, 0.3) is 0 Å². The number of nitro groups is 1. The van der Waals surface area contributed by atoms with Gasteiger partial charge < -0.3 is 10.6 Å². The van der Waals surface area contributed by atoms with Crippen molar-refractivity contribution in [2.75, 3.05) is 16.9 Å². The van der Waals surface area contributed by atoms with Crippen LogP contribution in [0.1, 0.15) is 13.8 Å². The molecule has 0 unspecified atom stereocenters. The first-order valence-electron chi connectivity index (χ1n) is 7.75. The van der Waals surface area contributed by atoms with Crippen LogP contribution in [0.25, 0.3) is 0 Å². The van der Waals surface area contributed by atoms with Crippen molar-refractivity contribution in [2.24, 2.45) is 5.92 Å². The molecule has 0 fully saturated rings. The van der Waals surface area contributed by atoms with Crippen LogP contribution < -0.4 is 10.6 Å². The molecule has 26 heavy (non-hydrogen) atoms. The van der Waals surface area contributed by atoms with Crippen LogP contribution in [0.5, 0.6) is 0 Å². The lowest BCUT2D eigenvalue weighted by Crippen LogP contribution is -2.17. The van der Waals surface area contributed by atoms with Gasteiger partial charge in [0, 0.05) is 23.5 Å². The highest BCUT2D eigenvalue weighted by Gasteiger charge is 2.26. The smallest absolute Gasteiger partial charge is 0.311 e. The average molecular weight is 377 g/mol. The fraction of sp³-hybridized carbons (Fsp3) is 0.235. The summed E-state index contributed by atoms with van der Waals surface area (Å²) in [4.78, 5) is 22.0. The van der Waals surface area contributed by atoms with Crippen LogP contribution in [-0.2, 0) is 14.6 Å². The number of carbonyl (C=O) groups is 1. The number of hydrogen-bond donors (Lipinski definition) is 2. The molecule has 0 aliphatic rings. The molecule has 0 spiro atoms. The van der Waals surface area contributed by atoms with Crippen molar-refractivity contribution in [1.29, 1.82) is 0 Å². The number of nitrogens with one attached hydrogen (secondary N) is 2. The van der Waals surface area contributed by atoms with Crippen LogP contribution in [0.4, 0.5) is 22.7 Å². The first-order chi connectivity index (χ1) is 12.1. The summed E-state index contributed by atoms with van der Waals surface area (Å²) in [6.45, 7) is 3.55. The Kier molecular flexibility index (Phi) is 5.61. The molecule has 0 heterocycles. The average Bonchev–Trinajstić information content (AvgIpc) is 2.55. The Morgan fingerprint density at radius 3 is 2.15 bits per heavy atom. The third-order valence-electron chi connectivity index (χ3n) is 3.54. The summed E-state index contributed by atoms with van der Waals surface area (Å²) in [5.74, 6) is -0.281. The standard InChI is InChI=1S/C17H19N3O5S/c1-11(2)17(21)19-13-9-7-12(8-10-13)18-14-5-4-6-15(26(3,24)25)16(14)20(22)23/h4-11,18H,1-3H3,(H,19,21). The van der Waals surface area contributed by atoms with E-state index in [9.17, 15) is 23.3 Å². The Hall–Kier alpha value is -2.94. The lowest BCUT2D eigenvalue weighted by atomic mass is 10.2. The lowest BCUT2D eigenvalue weighted by molar-refractivity contribution is -0.386. The molecular formula is C17H19N3O5S. The Morgan fingerprint density at radius 2 is 1.65 bits per heavy atom. The quantitative estimate of drug-likeness (QED) is 0.589. The number of nitro benzene ring substituents is 1. The molecule has 9 heteroatoms. The topological polar surface area (TPSA) is 118 Å². The van der Waals surface area contributed by atoms with Gasteiger partial charge in [0.05, 0.1) is 4.92 Å². The van der Waals surface area contributed by atoms with Gasteiger partial charge in [-0.25, -0.2) is 8.42 Å². The van der Waals surface area contributed by atoms with Crippen molar-refractivity contribution in [3.05, 3.63) is 52.6 Å². The van der Waals surface area contributed by atoms with Crippen molar-refractivity contribution in [3.63, 3.8) is 0 Å². The molecule has 8 nitrogen and oxygen atoms in total. The second-order valence-electron chi connectivity index (χ2n) is 6.03. The highest BCUT2D eigenvalue weighted by Crippen LogP contribution is 2.34. The zero-order valence-electron chi connectivity index (χ0n) is 14.5. The van der Waals surface area contributed by atoms with E-state index in [0.29, 0.717) is 11.4 Å². The fourth-order valence-electron chi connectivity index (χ4n) is 2.19. The Balaban J connectivity index is 2.32. The fourth-order valence-corrected chi connectivity index (χ4v) is 3.05. The highest BCUT2D eigenvalue weighted by molar-refractivity contribution is 7.90. The van der Waals surface area contributed by atoms with Gasteiger partial charge in [0.1, 0.15) is 10.6 Å². The van der Waals surface area contributed by atoms with Crippen LogP contribution in [0.3, 0.4) is 0 Å². The van der Waals surface area contributed by atoms with E-state index in [4.69, 9.17) is 0 Å². The van der Waals surface area contributed by atoms with Crippen molar-refractivity contribution in [3.8, 4) is 0 Å². The van der Waals surface area contributed by atoms with E-state index in [1.165, 1.54) is 18.2 Å². The number of amides is 1. The van der Waals surface area contributed by atoms with Crippen molar-refractivity contribution >= 4 is 38.5 Å². The highest BCUT2D eigenvalue weighted by atomic mass is 32.2. The molecule has 0 atom stereocenters. The lowest BCUT2D eigenvalue weighted by Gasteiger charge is -2.11. The normalized spacial score (nSPS) is 11.2. The summed E-state index contributed by atoms with van der Waals surface area (Å²) >= 11 is 0. The van der Waals surface area contributed by atoms with Gasteiger partial charge in [-0.05, 0) is 36.4 Å². The van der Waals surface area contributed by atoms with Crippen molar-refractivity contribution in [1.82, 2.24) is 0 Å². The van der Waals surface area contributed by atoms with E-state index in [2.05, 4.69) is 10.6 Å². The van der Waals surface area contributed by atoms with E-state index in [-0.39, 0.29) is 22.4 Å². The van der Waals surface area contributed by atoms with Crippen LogP contribution >= 0.6 is 0 Å². The van der Waals surface area contributed by atoms with E-state index in [1.54, 1.807) is 38.1 Å². The van der Waals surface area contributed by atoms with Gasteiger partial charge in [-0.15, -0.1) is 0 Å². The summed E-state index contributed by atoms with van der Waals surface area (Å²) in [7, 11) is -3.75. The van der Waals surface area contributed by atoms with Gasteiger partial charge >= 0.3 is 5.69 Å². The number of benzene rings is 2. The SMILES string of the molecule is CC(C)C(=O)Nc1ccc(Nc2cccc(S(C)(=O)=O)c2[N+](=O)[O-])cc1. The van der Waals surface area contributed by atoms with Gasteiger partial charge in [-0.2, -0.15) is 0 Å². The summed E-state index contributed by atoms with van der Waals surface area (Å²) in [6, 6.07) is 10.6. The van der Waals surface area contributed by atoms with Gasteiger partial charge in [-0.1, -0.05) is 19.9 Å². The molecule has 2 rings (SSSR count). The van der Waals surface area contributed by atoms with Crippen LogP contribution in [0, 0.1) is 16.0 Å². The summed E-state index contributed by atoms with van der Waals surface area (Å²) < 4.78 is 23.6. The summed E-state index contributed by atoms with van der Waals surface area (Å²) in [5.41, 5.74) is 0.666. The Morgan fingerprint density at radius 1 is 1.08 bits per heavy atom. The maximum absolute atomic E-state index is 11.8. The Bertz CT molecular complexity index is 937. The van der Waals surface area contributed by atoms with Crippen LogP contribution in [0.15, 0.2) is 47.4 Å². The number of rotatable bonds is 6. The molecule has 0 radical (unpaired) electrons. The molecule has 2 aromatic carbocycles. The number of anilines is 3. The first-order valence-corrected chi connectivity index (χ1v) is 9.64. The van der Waals surface area contributed by atoms with Gasteiger partial charge in [-0.3, -0.25) is 14.9 Å². The van der Waals surface area contributed by atoms with E-state index in [0.717, 1.165) is 6.26 Å². The van der Waals surface area contributed by atoms with Crippen molar-refractivity contribution < 1.29 is 18.1 Å². The number of hydrogen-bond acceptors (Lipinski definition) is 6. The predicted molar refractivity (Wildman–Crippen MR) is 99.4 cm³/mol. The molecule has 0 aromatic heterocycles. The molecule has 0 saturated heterocycles. The molecular weight excluding hydrogens is 358 g/mol. The van der Waals surface area contributed by atoms with E-state index < -0.39 is 20.4 Å². The van der Waals surface area contributed by atoms with Gasteiger partial charge in [0.2, 0.25) is 5.91 Å². The maximum Gasteiger partial charge on any atom is 0.311 e. The molecule has 2 N–H and O–H groups in total. The molecule has 1 amide bonds. The minimum absolute atomic E-state index is 0.0666. The monoisotopic (exact) mass is 377 g/mol. The zero-order valence-corrected chi connectivity index (χ0v) is 15.3. The van der Waals surface area contributed by atoms with Crippen LogP contribution in [0.2, 0.25) is 0 Å². The minimum Gasteiger partial charge on any atom is -0.350 e. The third kappa shape index (κ3) is 4.57. The van der Waals surface area contributed by atoms with E-state index >= 15 is 0 Å². The van der Waals surface area contributed by atoms with Gasteiger partial charge in [0.15, 0.2) is 9.84 Å². The minimum atomic E-state index is -3.75. The number of para-hydroxylation sites is 1. The number of sulfone groups is 1. The number of nitrogens with zero attached hydrogens (tertiary/aromatic N) is 1.